The van der Waals surface area contributed by atoms with Gasteiger partial charge in [0.15, 0.2) is 0 Å². The van der Waals surface area contributed by atoms with Gasteiger partial charge in [0.05, 0.1) is 6.54 Å². The van der Waals surface area contributed by atoms with Crippen molar-refractivity contribution < 1.29 is 19.8 Å². The largest absolute Gasteiger partial charge is 0.480 e. The number of carbonyl (C=O) groups is 2. The molecule has 0 radical (unpaired) electrons. The van der Waals surface area contributed by atoms with Crippen molar-refractivity contribution in [2.24, 2.45) is 0 Å². The van der Waals surface area contributed by atoms with Crippen LogP contribution in [0.5, 0.6) is 0 Å². The quantitative estimate of drug-likeness (QED) is 0.482. The molecule has 0 aromatic heterocycles. The third-order valence-electron chi connectivity index (χ3n) is 5.03. The van der Waals surface area contributed by atoms with Crippen LogP contribution in [0.3, 0.4) is 0 Å². The number of carboxylic acid groups (broad SMARTS) is 1. The van der Waals surface area contributed by atoms with E-state index in [9.17, 15) is 14.7 Å². The smallest absolute Gasteiger partial charge is 0.317 e. The molecule has 1 aliphatic carbocycles. The maximum absolute atomic E-state index is 12.2. The molecule has 0 heterocycles. The lowest BCUT2D eigenvalue weighted by Gasteiger charge is -2.43. The Kier molecular flexibility index (Phi) is 7.78. The first-order valence-electron chi connectivity index (χ1n) is 8.55. The number of nitrogens with one attached hydrogen (secondary N) is 2. The van der Waals surface area contributed by atoms with Crippen LogP contribution in [-0.2, 0) is 4.79 Å². The van der Waals surface area contributed by atoms with Crippen molar-refractivity contribution in [1.82, 2.24) is 15.5 Å². The second-order valence-electron chi connectivity index (χ2n) is 6.34. The zero-order valence-electron chi connectivity index (χ0n) is 14.5. The van der Waals surface area contributed by atoms with E-state index >= 15 is 0 Å². The molecule has 134 valence electrons. The fourth-order valence-corrected chi connectivity index (χ4v) is 3.20. The number of nitrogens with zero attached hydrogens (tertiary/aromatic N) is 1. The molecule has 0 unspecified atom stereocenters. The minimum atomic E-state index is -0.819. The molecule has 0 saturated heterocycles. The molecule has 0 aromatic carbocycles. The summed E-state index contributed by atoms with van der Waals surface area (Å²) in [4.78, 5) is 24.9. The van der Waals surface area contributed by atoms with Gasteiger partial charge in [-0.05, 0) is 38.6 Å². The number of carboxylic acids is 1. The van der Waals surface area contributed by atoms with Gasteiger partial charge < -0.3 is 20.8 Å². The number of rotatable bonds is 10. The van der Waals surface area contributed by atoms with Crippen LogP contribution in [-0.4, -0.2) is 64.4 Å². The van der Waals surface area contributed by atoms with Crippen LogP contribution in [0.4, 0.5) is 4.79 Å². The Bertz CT molecular complexity index is 393. The van der Waals surface area contributed by atoms with Crippen molar-refractivity contribution in [3.63, 3.8) is 0 Å². The molecule has 0 aliphatic heterocycles. The number of carbonyl (C=O) groups excluding carboxylic acids is 1. The van der Waals surface area contributed by atoms with Crippen molar-refractivity contribution >= 4 is 12.0 Å². The minimum Gasteiger partial charge on any atom is -0.480 e. The molecule has 1 aliphatic rings. The van der Waals surface area contributed by atoms with Crippen molar-refractivity contribution in [2.75, 3.05) is 19.7 Å². The average Bonchev–Trinajstić information content (AvgIpc) is 2.47. The number of aliphatic carboxylic acids is 1. The Morgan fingerprint density at radius 2 is 1.83 bits per heavy atom. The highest BCUT2D eigenvalue weighted by Crippen LogP contribution is 2.26. The number of hydrogen-bond donors (Lipinski definition) is 4. The number of likely N-dealkylation sites (N-methyl/N-ethyl adjacent to an activating group) is 1. The van der Waals surface area contributed by atoms with E-state index in [1.54, 1.807) is 0 Å². The van der Waals surface area contributed by atoms with Crippen LogP contribution < -0.4 is 10.6 Å². The predicted molar refractivity (Wildman–Crippen MR) is 88.4 cm³/mol. The fourth-order valence-electron chi connectivity index (χ4n) is 3.20. The summed E-state index contributed by atoms with van der Waals surface area (Å²) in [6.45, 7) is 6.75. The zero-order valence-corrected chi connectivity index (χ0v) is 14.5. The Labute approximate surface area is 138 Å². The number of hydrogen-bond acceptors (Lipinski definition) is 4. The van der Waals surface area contributed by atoms with Crippen LogP contribution in [0.15, 0.2) is 0 Å². The van der Waals surface area contributed by atoms with Gasteiger partial charge in [0.2, 0.25) is 0 Å². The summed E-state index contributed by atoms with van der Waals surface area (Å²) in [7, 11) is 0. The molecule has 7 nitrogen and oxygen atoms in total. The van der Waals surface area contributed by atoms with Crippen LogP contribution in [0.25, 0.3) is 0 Å². The van der Waals surface area contributed by atoms with Crippen molar-refractivity contribution in [2.45, 2.75) is 70.5 Å². The predicted octanol–water partition coefficient (Wildman–Crippen LogP) is 1.16. The third-order valence-corrected chi connectivity index (χ3v) is 5.03. The summed E-state index contributed by atoms with van der Waals surface area (Å²) in [6, 6.07) is 0.108. The van der Waals surface area contributed by atoms with Crippen LogP contribution in [0.1, 0.15) is 52.9 Å². The Hall–Kier alpha value is -1.34. The maximum Gasteiger partial charge on any atom is 0.317 e. The summed E-state index contributed by atoms with van der Waals surface area (Å²) in [5, 5.41) is 24.0. The molecule has 1 saturated carbocycles. The van der Waals surface area contributed by atoms with Gasteiger partial charge in [0.1, 0.15) is 0 Å². The van der Waals surface area contributed by atoms with E-state index < -0.39 is 5.97 Å². The van der Waals surface area contributed by atoms with Crippen molar-refractivity contribution in [1.29, 1.82) is 0 Å². The Morgan fingerprint density at radius 1 is 1.22 bits per heavy atom. The van der Waals surface area contributed by atoms with Crippen LogP contribution in [0, 0.1) is 0 Å². The van der Waals surface area contributed by atoms with E-state index in [0.717, 1.165) is 25.7 Å². The van der Waals surface area contributed by atoms with Gasteiger partial charge in [-0.1, -0.05) is 20.8 Å². The summed E-state index contributed by atoms with van der Waals surface area (Å²) in [6.07, 6.45) is 3.64. The molecule has 7 heteroatoms. The molecule has 4 N–H and O–H groups in total. The molecule has 1 fully saturated rings. The standard InChI is InChI=1S/C16H31N3O4/c1-4-16(5-2,7-8-20)18-15(23)17-12-9-13(10-12)19(6-3)11-14(21)22/h12-13,20H,4-11H2,1-3H3,(H,21,22)(H2,17,18,23). The summed E-state index contributed by atoms with van der Waals surface area (Å²) < 4.78 is 0. The summed E-state index contributed by atoms with van der Waals surface area (Å²) in [5.41, 5.74) is -0.360. The number of amides is 2. The van der Waals surface area contributed by atoms with Crippen LogP contribution in [0.2, 0.25) is 0 Å². The first-order chi connectivity index (χ1) is 10.9. The minimum absolute atomic E-state index is 0.0470. The highest BCUT2D eigenvalue weighted by Gasteiger charge is 2.36. The number of aliphatic hydroxyl groups is 1. The first kappa shape index (κ1) is 19.7. The Morgan fingerprint density at radius 3 is 2.26 bits per heavy atom. The monoisotopic (exact) mass is 329 g/mol. The molecular weight excluding hydrogens is 298 g/mol. The molecule has 1 rings (SSSR count). The van der Waals surface area contributed by atoms with Gasteiger partial charge in [0.25, 0.3) is 0 Å². The van der Waals surface area contributed by atoms with E-state index in [0.29, 0.717) is 13.0 Å². The molecule has 0 spiro atoms. The van der Waals surface area contributed by atoms with Gasteiger partial charge in [-0.15, -0.1) is 0 Å². The van der Waals surface area contributed by atoms with Gasteiger partial charge in [0, 0.05) is 24.2 Å². The molecule has 2 amide bonds. The van der Waals surface area contributed by atoms with E-state index in [1.807, 2.05) is 25.7 Å². The first-order valence-corrected chi connectivity index (χ1v) is 8.55. The normalized spacial score (nSPS) is 20.9. The van der Waals surface area contributed by atoms with E-state index in [-0.39, 0.29) is 36.8 Å². The van der Waals surface area contributed by atoms with E-state index in [2.05, 4.69) is 10.6 Å². The van der Waals surface area contributed by atoms with E-state index in [1.165, 1.54) is 0 Å². The van der Waals surface area contributed by atoms with Crippen molar-refractivity contribution in [3.05, 3.63) is 0 Å². The molecule has 23 heavy (non-hydrogen) atoms. The molecular formula is C16H31N3O4. The summed E-state index contributed by atoms with van der Waals surface area (Å²) in [5.74, 6) is -0.819. The topological polar surface area (TPSA) is 102 Å². The summed E-state index contributed by atoms with van der Waals surface area (Å²) >= 11 is 0. The third kappa shape index (κ3) is 5.66. The highest BCUT2D eigenvalue weighted by molar-refractivity contribution is 5.75. The average molecular weight is 329 g/mol. The van der Waals surface area contributed by atoms with Gasteiger partial charge in [-0.25, -0.2) is 4.79 Å². The molecule has 0 aromatic rings. The SMILES string of the molecule is CCN(CC(=O)O)C1CC(NC(=O)NC(CC)(CC)CCO)C1. The Balaban J connectivity index is 2.41. The highest BCUT2D eigenvalue weighted by atomic mass is 16.4. The number of aliphatic hydroxyl groups excluding tert-OH is 1. The lowest BCUT2D eigenvalue weighted by Crippen LogP contribution is -2.59. The molecule has 0 bridgehead atoms. The second kappa shape index (κ2) is 9.08. The molecule has 0 atom stereocenters. The zero-order chi connectivity index (χ0) is 17.5. The fraction of sp³-hybridized carbons (Fsp3) is 0.875. The van der Waals surface area contributed by atoms with Gasteiger partial charge in [-0.3, -0.25) is 9.69 Å². The maximum atomic E-state index is 12.2. The lowest BCUT2D eigenvalue weighted by atomic mass is 9.85. The van der Waals surface area contributed by atoms with Crippen molar-refractivity contribution in [3.8, 4) is 0 Å². The van der Waals surface area contributed by atoms with Gasteiger partial charge >= 0.3 is 12.0 Å². The van der Waals surface area contributed by atoms with Gasteiger partial charge in [-0.2, -0.15) is 0 Å². The van der Waals surface area contributed by atoms with E-state index in [4.69, 9.17) is 5.11 Å². The lowest BCUT2D eigenvalue weighted by molar-refractivity contribution is -0.139. The van der Waals surface area contributed by atoms with Crippen LogP contribution >= 0.6 is 0 Å². The number of urea groups is 1. The second-order valence-corrected chi connectivity index (χ2v) is 6.34.